The van der Waals surface area contributed by atoms with E-state index in [-0.39, 0.29) is 5.72 Å². The molecule has 0 aromatic carbocycles. The lowest BCUT2D eigenvalue weighted by atomic mass is 9.80. The van der Waals surface area contributed by atoms with E-state index in [0.717, 1.165) is 32.5 Å². The van der Waals surface area contributed by atoms with Crippen molar-refractivity contribution in [1.82, 2.24) is 10.2 Å². The van der Waals surface area contributed by atoms with Crippen LogP contribution in [0.25, 0.3) is 0 Å². The summed E-state index contributed by atoms with van der Waals surface area (Å²) in [5.41, 5.74) is 0.322. The van der Waals surface area contributed by atoms with Gasteiger partial charge in [0.05, 0.1) is 6.61 Å². The summed E-state index contributed by atoms with van der Waals surface area (Å²) in [6.07, 6.45) is 3.53. The normalized spacial score (nSPS) is 37.1. The van der Waals surface area contributed by atoms with Crippen LogP contribution >= 0.6 is 0 Å². The number of hydrogen-bond donors (Lipinski definition) is 1. The van der Waals surface area contributed by atoms with Crippen LogP contribution in [0.1, 0.15) is 40.0 Å². The number of likely N-dealkylation sites (tertiary alicyclic amines) is 1. The number of hydrogen-bond acceptors (Lipinski definition) is 3. The van der Waals surface area contributed by atoms with Gasteiger partial charge >= 0.3 is 0 Å². The average molecular weight is 240 g/mol. The molecule has 17 heavy (non-hydrogen) atoms. The van der Waals surface area contributed by atoms with Gasteiger partial charge in [-0.3, -0.25) is 5.32 Å². The molecule has 2 atom stereocenters. The Bertz CT molecular complexity index is 251. The molecule has 0 aromatic heterocycles. The molecular formula is C14H28N2O. The van der Waals surface area contributed by atoms with E-state index in [0.29, 0.717) is 11.3 Å². The lowest BCUT2D eigenvalue weighted by Gasteiger charge is -2.44. The number of rotatable bonds is 0. The Morgan fingerprint density at radius 1 is 1.24 bits per heavy atom. The van der Waals surface area contributed by atoms with E-state index in [2.05, 4.69) is 38.0 Å². The quantitative estimate of drug-likeness (QED) is 0.701. The molecule has 0 radical (unpaired) electrons. The highest BCUT2D eigenvalue weighted by molar-refractivity contribution is 4.89. The van der Waals surface area contributed by atoms with Crippen LogP contribution in [0.3, 0.4) is 0 Å². The highest BCUT2D eigenvalue weighted by atomic mass is 16.5. The first kappa shape index (κ1) is 13.3. The molecule has 0 amide bonds. The van der Waals surface area contributed by atoms with Crippen molar-refractivity contribution in [2.75, 3.05) is 33.3 Å². The molecule has 2 aliphatic heterocycles. The van der Waals surface area contributed by atoms with Gasteiger partial charge in [-0.2, -0.15) is 0 Å². The predicted octanol–water partition coefficient (Wildman–Crippen LogP) is 2.08. The molecule has 0 saturated carbocycles. The van der Waals surface area contributed by atoms with Crippen molar-refractivity contribution in [3.8, 4) is 0 Å². The van der Waals surface area contributed by atoms with Crippen LogP contribution in [0.2, 0.25) is 0 Å². The van der Waals surface area contributed by atoms with Crippen LogP contribution in [0.5, 0.6) is 0 Å². The minimum Gasteiger partial charge on any atom is -0.360 e. The fourth-order valence-corrected chi connectivity index (χ4v) is 2.80. The fourth-order valence-electron chi connectivity index (χ4n) is 2.80. The Hall–Kier alpha value is -0.120. The van der Waals surface area contributed by atoms with Gasteiger partial charge in [0, 0.05) is 19.5 Å². The lowest BCUT2D eigenvalue weighted by molar-refractivity contribution is -0.138. The molecule has 2 rings (SSSR count). The maximum absolute atomic E-state index is 6.24. The van der Waals surface area contributed by atoms with E-state index >= 15 is 0 Å². The molecule has 0 bridgehead atoms. The fraction of sp³-hybridized carbons (Fsp3) is 1.00. The summed E-state index contributed by atoms with van der Waals surface area (Å²) in [4.78, 5) is 2.41. The van der Waals surface area contributed by atoms with Crippen LogP contribution in [0, 0.1) is 11.3 Å². The highest BCUT2D eigenvalue weighted by Gasteiger charge is 2.39. The number of nitrogens with one attached hydrogen (secondary N) is 1. The van der Waals surface area contributed by atoms with Crippen molar-refractivity contribution in [2.45, 2.75) is 45.8 Å². The molecule has 0 aliphatic carbocycles. The summed E-state index contributed by atoms with van der Waals surface area (Å²) < 4.78 is 6.24. The zero-order valence-electron chi connectivity index (χ0n) is 11.9. The minimum absolute atomic E-state index is 0.0213. The third kappa shape index (κ3) is 3.21. The second kappa shape index (κ2) is 4.87. The first-order valence-corrected chi connectivity index (χ1v) is 6.99. The molecule has 1 spiro atoms. The summed E-state index contributed by atoms with van der Waals surface area (Å²) >= 11 is 0. The molecule has 3 heteroatoms. The molecule has 100 valence electrons. The highest BCUT2D eigenvalue weighted by Crippen LogP contribution is 2.33. The maximum Gasteiger partial charge on any atom is 0.120 e. The maximum atomic E-state index is 6.24. The first-order chi connectivity index (χ1) is 7.91. The second-order valence-electron chi connectivity index (χ2n) is 6.91. The number of nitrogens with zero attached hydrogens (tertiary/aromatic N) is 1. The summed E-state index contributed by atoms with van der Waals surface area (Å²) in [7, 11) is 2.21. The van der Waals surface area contributed by atoms with Crippen LogP contribution in [-0.2, 0) is 4.74 Å². The van der Waals surface area contributed by atoms with Crippen molar-refractivity contribution in [2.24, 2.45) is 11.3 Å². The minimum atomic E-state index is -0.0213. The van der Waals surface area contributed by atoms with E-state index in [1.807, 2.05) is 0 Å². The molecule has 2 unspecified atom stereocenters. The Morgan fingerprint density at radius 2 is 2.00 bits per heavy atom. The van der Waals surface area contributed by atoms with E-state index in [9.17, 15) is 0 Å². The van der Waals surface area contributed by atoms with Crippen molar-refractivity contribution in [3.05, 3.63) is 0 Å². The third-order valence-corrected chi connectivity index (χ3v) is 4.47. The molecule has 2 aliphatic rings. The van der Waals surface area contributed by atoms with Gasteiger partial charge in [0.15, 0.2) is 0 Å². The molecule has 0 aromatic rings. The van der Waals surface area contributed by atoms with Crippen LogP contribution in [0.4, 0.5) is 0 Å². The van der Waals surface area contributed by atoms with Crippen molar-refractivity contribution >= 4 is 0 Å². The van der Waals surface area contributed by atoms with Crippen molar-refractivity contribution < 1.29 is 4.74 Å². The van der Waals surface area contributed by atoms with Gasteiger partial charge in [-0.05, 0) is 37.8 Å². The predicted molar refractivity (Wildman–Crippen MR) is 71.0 cm³/mol. The van der Waals surface area contributed by atoms with E-state index in [1.165, 1.54) is 13.0 Å². The lowest BCUT2D eigenvalue weighted by Crippen LogP contribution is -2.57. The van der Waals surface area contributed by atoms with Crippen LogP contribution in [-0.4, -0.2) is 43.9 Å². The van der Waals surface area contributed by atoms with Crippen molar-refractivity contribution in [3.63, 3.8) is 0 Å². The van der Waals surface area contributed by atoms with E-state index in [4.69, 9.17) is 4.74 Å². The van der Waals surface area contributed by atoms with Gasteiger partial charge in [0.2, 0.25) is 0 Å². The van der Waals surface area contributed by atoms with Gasteiger partial charge < -0.3 is 9.64 Å². The molecule has 2 fully saturated rings. The first-order valence-electron chi connectivity index (χ1n) is 6.99. The van der Waals surface area contributed by atoms with E-state index in [1.54, 1.807) is 0 Å². The second-order valence-corrected chi connectivity index (χ2v) is 6.91. The van der Waals surface area contributed by atoms with E-state index < -0.39 is 0 Å². The third-order valence-electron chi connectivity index (χ3n) is 4.47. The molecule has 2 saturated heterocycles. The SMILES string of the molecule is CN1CCCC2(CC1)NCC(C(C)(C)C)CO2. The Balaban J connectivity index is 1.93. The Labute approximate surface area is 106 Å². The van der Waals surface area contributed by atoms with Crippen molar-refractivity contribution in [1.29, 1.82) is 0 Å². The zero-order chi connectivity index (χ0) is 12.5. The van der Waals surface area contributed by atoms with Crippen LogP contribution < -0.4 is 5.32 Å². The summed E-state index contributed by atoms with van der Waals surface area (Å²) in [5.74, 6) is 0.633. The van der Waals surface area contributed by atoms with Gasteiger partial charge in [-0.1, -0.05) is 20.8 Å². The smallest absolute Gasteiger partial charge is 0.120 e. The standard InChI is InChI=1S/C14H28N2O/c1-13(2,3)12-10-15-14(17-11-12)6-5-8-16(4)9-7-14/h12,15H,5-11H2,1-4H3. The average Bonchev–Trinajstić information content (AvgIpc) is 2.42. The molecule has 3 nitrogen and oxygen atoms in total. The zero-order valence-corrected chi connectivity index (χ0v) is 11.9. The summed E-state index contributed by atoms with van der Waals surface area (Å²) in [6.45, 7) is 11.3. The van der Waals surface area contributed by atoms with Gasteiger partial charge in [-0.15, -0.1) is 0 Å². The Kier molecular flexibility index (Phi) is 3.81. The molecule has 1 N–H and O–H groups in total. The van der Waals surface area contributed by atoms with Crippen LogP contribution in [0.15, 0.2) is 0 Å². The largest absolute Gasteiger partial charge is 0.360 e. The van der Waals surface area contributed by atoms with Gasteiger partial charge in [0.25, 0.3) is 0 Å². The summed E-state index contributed by atoms with van der Waals surface area (Å²) in [6, 6.07) is 0. The Morgan fingerprint density at radius 3 is 2.59 bits per heavy atom. The monoisotopic (exact) mass is 240 g/mol. The summed E-state index contributed by atoms with van der Waals surface area (Å²) in [5, 5.41) is 3.70. The topological polar surface area (TPSA) is 24.5 Å². The molecule has 2 heterocycles. The number of ether oxygens (including phenoxy) is 1. The molecular weight excluding hydrogens is 212 g/mol. The van der Waals surface area contributed by atoms with Gasteiger partial charge in [-0.25, -0.2) is 0 Å². The van der Waals surface area contributed by atoms with Gasteiger partial charge in [0.1, 0.15) is 5.72 Å².